The van der Waals surface area contributed by atoms with Crippen LogP contribution < -0.4 is 4.90 Å². The van der Waals surface area contributed by atoms with E-state index in [4.69, 9.17) is 0 Å². The second-order valence-corrected chi connectivity index (χ2v) is 14.4. The molecule has 8 aromatic carbocycles. The normalized spacial score (nSPS) is 11.8. The number of nitrogens with zero attached hydrogens (tertiary/aromatic N) is 3. The predicted molar refractivity (Wildman–Crippen MR) is 223 cm³/mol. The van der Waals surface area contributed by atoms with Gasteiger partial charge in [0.1, 0.15) is 0 Å². The number of rotatable bonds is 5. The fourth-order valence-electron chi connectivity index (χ4n) is 8.32. The fraction of sp³-hybridized carbons (Fsp3) is 0. The molecule has 52 heavy (non-hydrogen) atoms. The van der Waals surface area contributed by atoms with Crippen LogP contribution in [-0.2, 0) is 0 Å². The van der Waals surface area contributed by atoms with E-state index in [1.807, 2.05) is 11.3 Å². The van der Waals surface area contributed by atoms with Gasteiger partial charge in [0, 0.05) is 70.2 Å². The summed E-state index contributed by atoms with van der Waals surface area (Å²) < 4.78 is 7.55. The van der Waals surface area contributed by atoms with Crippen LogP contribution in [0, 0.1) is 0 Å². The maximum absolute atomic E-state index is 2.49. The van der Waals surface area contributed by atoms with E-state index in [0.29, 0.717) is 0 Å². The molecule has 244 valence electrons. The van der Waals surface area contributed by atoms with Gasteiger partial charge in [-0.15, -0.1) is 11.3 Å². The lowest BCUT2D eigenvalue weighted by Crippen LogP contribution is -2.09. The minimum Gasteiger partial charge on any atom is -0.310 e. The number of hydrogen-bond donors (Lipinski definition) is 0. The fourth-order valence-corrected chi connectivity index (χ4v) is 9.43. The van der Waals surface area contributed by atoms with E-state index in [9.17, 15) is 0 Å². The maximum Gasteiger partial charge on any atom is 0.0635 e. The molecule has 0 saturated carbocycles. The maximum atomic E-state index is 2.49. The van der Waals surface area contributed by atoms with Gasteiger partial charge in [-0.25, -0.2) is 0 Å². The highest BCUT2D eigenvalue weighted by molar-refractivity contribution is 7.26. The Morgan fingerprint density at radius 3 is 1.37 bits per heavy atom. The SMILES string of the molecule is c1ccc(N(c2ccccc2)c2ccc3c(c2)c2ccc4sc5ccc6c7ccccc7n(-c7ccccc7)c6c5c4c2n3-c2ccccc2)cc1. The summed E-state index contributed by atoms with van der Waals surface area (Å²) in [5.41, 5.74) is 10.6. The summed E-state index contributed by atoms with van der Waals surface area (Å²) >= 11 is 1.89. The Morgan fingerprint density at radius 1 is 0.346 bits per heavy atom. The van der Waals surface area contributed by atoms with Crippen molar-refractivity contribution in [2.24, 2.45) is 0 Å². The van der Waals surface area contributed by atoms with E-state index < -0.39 is 0 Å². The molecule has 0 fully saturated rings. The van der Waals surface area contributed by atoms with Gasteiger partial charge in [-0.2, -0.15) is 0 Å². The zero-order valence-electron chi connectivity index (χ0n) is 28.1. The third-order valence-electron chi connectivity index (χ3n) is 10.5. The third-order valence-corrected chi connectivity index (χ3v) is 11.6. The number of fused-ring (bicyclic) bond motifs is 11. The standard InChI is InChI=1S/C48H31N3S/c1-5-15-32(16-6-1)49(33-17-7-2-8-18-33)36-25-28-42-40(31-36)39-27-30-44-46(48(39)51(42)35-21-11-4-12-22-35)45-43(52-44)29-26-38-37-23-13-14-24-41(37)50(47(38)45)34-19-9-3-10-20-34/h1-31H. The largest absolute Gasteiger partial charge is 0.310 e. The van der Waals surface area contributed by atoms with Crippen molar-refractivity contribution in [1.82, 2.24) is 9.13 Å². The quantitative estimate of drug-likeness (QED) is 0.176. The zero-order valence-corrected chi connectivity index (χ0v) is 29.0. The van der Waals surface area contributed by atoms with E-state index >= 15 is 0 Å². The number of para-hydroxylation sites is 5. The molecule has 0 atom stereocenters. The van der Waals surface area contributed by atoms with E-state index in [0.717, 1.165) is 22.7 Å². The first kappa shape index (κ1) is 29.1. The average molecular weight is 682 g/mol. The summed E-state index contributed by atoms with van der Waals surface area (Å²) in [7, 11) is 0. The van der Waals surface area contributed by atoms with Crippen LogP contribution >= 0.6 is 11.3 Å². The summed E-state index contributed by atoms with van der Waals surface area (Å²) in [6.07, 6.45) is 0. The Morgan fingerprint density at radius 2 is 0.808 bits per heavy atom. The van der Waals surface area contributed by atoms with E-state index in [1.165, 1.54) is 69.5 Å². The molecule has 0 aliphatic rings. The molecule has 3 heterocycles. The highest BCUT2D eigenvalue weighted by Crippen LogP contribution is 2.48. The number of benzene rings is 8. The van der Waals surface area contributed by atoms with Gasteiger partial charge >= 0.3 is 0 Å². The van der Waals surface area contributed by atoms with E-state index in [2.05, 4.69) is 202 Å². The first-order valence-electron chi connectivity index (χ1n) is 17.7. The minimum atomic E-state index is 1.12. The molecule has 4 heteroatoms. The lowest BCUT2D eigenvalue weighted by Gasteiger charge is -2.25. The van der Waals surface area contributed by atoms with Gasteiger partial charge in [0.05, 0.1) is 22.1 Å². The Balaban J connectivity index is 1.30. The van der Waals surface area contributed by atoms with Gasteiger partial charge in [0.25, 0.3) is 0 Å². The molecule has 3 aromatic heterocycles. The monoisotopic (exact) mass is 681 g/mol. The van der Waals surface area contributed by atoms with Crippen LogP contribution in [0.3, 0.4) is 0 Å². The molecule has 0 aliphatic heterocycles. The molecule has 0 saturated heterocycles. The molecule has 11 rings (SSSR count). The van der Waals surface area contributed by atoms with Gasteiger partial charge < -0.3 is 14.0 Å². The van der Waals surface area contributed by atoms with Crippen LogP contribution in [0.25, 0.3) is 75.2 Å². The predicted octanol–water partition coefficient (Wildman–Crippen LogP) is 13.7. The smallest absolute Gasteiger partial charge is 0.0635 e. The van der Waals surface area contributed by atoms with E-state index in [-0.39, 0.29) is 0 Å². The average Bonchev–Trinajstić information content (AvgIpc) is 3.87. The molecule has 11 aromatic rings. The van der Waals surface area contributed by atoms with Crippen molar-refractivity contribution in [3.05, 3.63) is 188 Å². The molecule has 0 aliphatic carbocycles. The number of aromatic nitrogens is 2. The molecular weight excluding hydrogens is 651 g/mol. The molecule has 0 spiro atoms. The van der Waals surface area contributed by atoms with Crippen molar-refractivity contribution in [1.29, 1.82) is 0 Å². The summed E-state index contributed by atoms with van der Waals surface area (Å²) in [5, 5.41) is 7.62. The van der Waals surface area contributed by atoms with Gasteiger partial charge in [0.15, 0.2) is 0 Å². The van der Waals surface area contributed by atoms with Gasteiger partial charge in [-0.05, 0) is 84.9 Å². The minimum absolute atomic E-state index is 1.12. The molecule has 3 nitrogen and oxygen atoms in total. The highest BCUT2D eigenvalue weighted by Gasteiger charge is 2.23. The topological polar surface area (TPSA) is 13.1 Å². The summed E-state index contributed by atoms with van der Waals surface area (Å²) in [6.45, 7) is 0. The van der Waals surface area contributed by atoms with Crippen LogP contribution in [0.5, 0.6) is 0 Å². The lowest BCUT2D eigenvalue weighted by atomic mass is 10.0. The van der Waals surface area contributed by atoms with Crippen LogP contribution in [-0.4, -0.2) is 9.13 Å². The number of anilines is 3. The van der Waals surface area contributed by atoms with Crippen molar-refractivity contribution in [3.63, 3.8) is 0 Å². The van der Waals surface area contributed by atoms with E-state index in [1.54, 1.807) is 0 Å². The van der Waals surface area contributed by atoms with Crippen LogP contribution in [0.2, 0.25) is 0 Å². The summed E-state index contributed by atoms with van der Waals surface area (Å²) in [4.78, 5) is 2.35. The van der Waals surface area contributed by atoms with Gasteiger partial charge in [0.2, 0.25) is 0 Å². The molecule has 0 unspecified atom stereocenters. The Bertz CT molecular complexity index is 3060. The number of hydrogen-bond acceptors (Lipinski definition) is 2. The van der Waals surface area contributed by atoms with Crippen LogP contribution in [0.4, 0.5) is 17.1 Å². The zero-order chi connectivity index (χ0) is 34.2. The molecule has 0 N–H and O–H groups in total. The summed E-state index contributed by atoms with van der Waals surface area (Å²) in [5.74, 6) is 0. The third kappa shape index (κ3) is 4.25. The first-order chi connectivity index (χ1) is 25.8. The lowest BCUT2D eigenvalue weighted by molar-refractivity contribution is 1.18. The van der Waals surface area contributed by atoms with Crippen molar-refractivity contribution in [3.8, 4) is 11.4 Å². The molecule has 0 amide bonds. The van der Waals surface area contributed by atoms with Crippen molar-refractivity contribution in [2.75, 3.05) is 4.90 Å². The van der Waals surface area contributed by atoms with Gasteiger partial charge in [-0.1, -0.05) is 103 Å². The van der Waals surface area contributed by atoms with Crippen LogP contribution in [0.1, 0.15) is 0 Å². The first-order valence-corrected chi connectivity index (χ1v) is 18.5. The Kier molecular flexibility index (Phi) is 6.42. The second kappa shape index (κ2) is 11.5. The molecule has 0 bridgehead atoms. The van der Waals surface area contributed by atoms with Crippen molar-refractivity contribution < 1.29 is 0 Å². The molecular formula is C48H31N3S. The Labute approximate surface area is 304 Å². The molecule has 0 radical (unpaired) electrons. The van der Waals surface area contributed by atoms with Crippen molar-refractivity contribution >= 4 is 92.2 Å². The highest BCUT2D eigenvalue weighted by atomic mass is 32.1. The second-order valence-electron chi connectivity index (χ2n) is 13.3. The van der Waals surface area contributed by atoms with Crippen LogP contribution in [0.15, 0.2) is 188 Å². The van der Waals surface area contributed by atoms with Gasteiger partial charge in [-0.3, -0.25) is 0 Å². The van der Waals surface area contributed by atoms with Crippen molar-refractivity contribution in [2.45, 2.75) is 0 Å². The number of thiophene rings is 1. The Hall–Kier alpha value is -6.62. The summed E-state index contributed by atoms with van der Waals surface area (Å²) in [6, 6.07) is 68.2.